The third-order valence-electron chi connectivity index (χ3n) is 2.16. The first-order chi connectivity index (χ1) is 7.96. The molecule has 92 valence electrons. The monoisotopic (exact) mass is 314 g/mol. The SMILES string of the molecule is CC(C)(C)NCc1coc(-c2sccc2Br)n1. The van der Waals surface area contributed by atoms with Gasteiger partial charge >= 0.3 is 0 Å². The van der Waals surface area contributed by atoms with Gasteiger partial charge in [-0.05, 0) is 48.1 Å². The maximum Gasteiger partial charge on any atom is 0.237 e. The van der Waals surface area contributed by atoms with Gasteiger partial charge in [-0.15, -0.1) is 11.3 Å². The normalized spacial score (nSPS) is 12.0. The molecule has 2 aromatic heterocycles. The number of rotatable bonds is 3. The molecule has 0 spiro atoms. The zero-order valence-corrected chi connectivity index (χ0v) is 12.5. The van der Waals surface area contributed by atoms with Gasteiger partial charge in [0.25, 0.3) is 0 Å². The first-order valence-corrected chi connectivity index (χ1v) is 7.06. The summed E-state index contributed by atoms with van der Waals surface area (Å²) in [5, 5.41) is 5.39. The molecule has 3 nitrogen and oxygen atoms in total. The second-order valence-corrected chi connectivity index (χ2v) is 6.62. The molecule has 17 heavy (non-hydrogen) atoms. The van der Waals surface area contributed by atoms with E-state index in [0.717, 1.165) is 21.6 Å². The lowest BCUT2D eigenvalue weighted by atomic mass is 10.1. The molecule has 0 bridgehead atoms. The smallest absolute Gasteiger partial charge is 0.237 e. The maximum absolute atomic E-state index is 5.48. The van der Waals surface area contributed by atoms with Crippen LogP contribution in [0.25, 0.3) is 10.8 Å². The number of halogens is 1. The third-order valence-corrected chi connectivity index (χ3v) is 3.99. The molecule has 0 amide bonds. The molecule has 2 aromatic rings. The van der Waals surface area contributed by atoms with Crippen molar-refractivity contribution < 1.29 is 4.42 Å². The van der Waals surface area contributed by atoms with Crippen LogP contribution in [-0.2, 0) is 6.54 Å². The van der Waals surface area contributed by atoms with Crippen LogP contribution in [0.2, 0.25) is 0 Å². The van der Waals surface area contributed by atoms with Crippen LogP contribution in [0.4, 0.5) is 0 Å². The largest absolute Gasteiger partial charge is 0.443 e. The molecule has 0 aliphatic carbocycles. The summed E-state index contributed by atoms with van der Waals surface area (Å²) in [7, 11) is 0. The summed E-state index contributed by atoms with van der Waals surface area (Å²) >= 11 is 5.09. The molecule has 2 heterocycles. The van der Waals surface area contributed by atoms with Gasteiger partial charge in [0.05, 0.1) is 5.69 Å². The van der Waals surface area contributed by atoms with Crippen molar-refractivity contribution in [2.45, 2.75) is 32.9 Å². The standard InChI is InChI=1S/C12H15BrN2OS/c1-12(2,3)14-6-8-7-16-11(15-8)10-9(13)4-5-17-10/h4-5,7,14H,6H2,1-3H3. The number of oxazole rings is 1. The highest BCUT2D eigenvalue weighted by Crippen LogP contribution is 2.32. The number of hydrogen-bond acceptors (Lipinski definition) is 4. The Balaban J connectivity index is 2.09. The van der Waals surface area contributed by atoms with E-state index in [-0.39, 0.29) is 5.54 Å². The Morgan fingerprint density at radius 3 is 2.82 bits per heavy atom. The number of nitrogens with one attached hydrogen (secondary N) is 1. The Morgan fingerprint density at radius 1 is 1.47 bits per heavy atom. The van der Waals surface area contributed by atoms with Gasteiger partial charge in [0.15, 0.2) is 0 Å². The number of aromatic nitrogens is 1. The molecule has 1 N–H and O–H groups in total. The number of nitrogens with zero attached hydrogens (tertiary/aromatic N) is 1. The van der Waals surface area contributed by atoms with Gasteiger partial charge in [-0.3, -0.25) is 0 Å². The van der Waals surface area contributed by atoms with E-state index in [1.54, 1.807) is 17.6 Å². The first kappa shape index (κ1) is 12.8. The molecule has 0 aromatic carbocycles. The van der Waals surface area contributed by atoms with E-state index in [2.05, 4.69) is 47.0 Å². The van der Waals surface area contributed by atoms with Crippen LogP contribution in [0.1, 0.15) is 26.5 Å². The Morgan fingerprint density at radius 2 is 2.24 bits per heavy atom. The van der Waals surface area contributed by atoms with E-state index in [0.29, 0.717) is 5.89 Å². The maximum atomic E-state index is 5.48. The van der Waals surface area contributed by atoms with E-state index < -0.39 is 0 Å². The minimum absolute atomic E-state index is 0.0859. The predicted molar refractivity (Wildman–Crippen MR) is 74.1 cm³/mol. The fourth-order valence-corrected chi connectivity index (χ4v) is 2.77. The molecule has 0 saturated heterocycles. The average molecular weight is 315 g/mol. The van der Waals surface area contributed by atoms with Gasteiger partial charge in [-0.1, -0.05) is 0 Å². The molecule has 0 saturated carbocycles. The molecular formula is C12H15BrN2OS. The van der Waals surface area contributed by atoms with E-state index in [9.17, 15) is 0 Å². The molecule has 0 unspecified atom stereocenters. The van der Waals surface area contributed by atoms with Gasteiger partial charge in [0.2, 0.25) is 5.89 Å². The van der Waals surface area contributed by atoms with Crippen LogP contribution in [0.15, 0.2) is 26.6 Å². The summed E-state index contributed by atoms with van der Waals surface area (Å²) in [6, 6.07) is 2.00. The summed E-state index contributed by atoms with van der Waals surface area (Å²) in [6.07, 6.45) is 1.71. The Hall–Kier alpha value is -0.650. The molecule has 0 radical (unpaired) electrons. The lowest BCUT2D eigenvalue weighted by molar-refractivity contribution is 0.421. The molecule has 5 heteroatoms. The topological polar surface area (TPSA) is 38.1 Å². The lowest BCUT2D eigenvalue weighted by Gasteiger charge is -2.19. The van der Waals surface area contributed by atoms with Crippen LogP contribution >= 0.6 is 27.3 Å². The molecule has 0 aliphatic heterocycles. The van der Waals surface area contributed by atoms with E-state index in [1.807, 2.05) is 11.4 Å². The molecule has 0 atom stereocenters. The van der Waals surface area contributed by atoms with Gasteiger partial charge in [0.1, 0.15) is 11.1 Å². The Labute approximate surface area is 113 Å². The number of hydrogen-bond donors (Lipinski definition) is 1. The number of thiophene rings is 1. The van der Waals surface area contributed by atoms with Crippen molar-refractivity contribution in [3.05, 3.63) is 27.9 Å². The predicted octanol–water partition coefficient (Wildman–Crippen LogP) is 4.05. The van der Waals surface area contributed by atoms with Crippen LogP contribution in [-0.4, -0.2) is 10.5 Å². The average Bonchev–Trinajstić information content (AvgIpc) is 2.81. The van der Waals surface area contributed by atoms with Crippen molar-refractivity contribution in [1.29, 1.82) is 0 Å². The van der Waals surface area contributed by atoms with E-state index >= 15 is 0 Å². The second kappa shape index (κ2) is 4.92. The molecule has 0 fully saturated rings. The third kappa shape index (κ3) is 3.40. The van der Waals surface area contributed by atoms with Crippen molar-refractivity contribution >= 4 is 27.3 Å². The zero-order chi connectivity index (χ0) is 12.5. The fourth-order valence-electron chi connectivity index (χ4n) is 1.29. The highest BCUT2D eigenvalue weighted by molar-refractivity contribution is 9.10. The van der Waals surface area contributed by atoms with Gasteiger partial charge in [-0.25, -0.2) is 4.98 Å². The second-order valence-electron chi connectivity index (χ2n) is 4.85. The highest BCUT2D eigenvalue weighted by atomic mass is 79.9. The first-order valence-electron chi connectivity index (χ1n) is 5.38. The van der Waals surface area contributed by atoms with Crippen molar-refractivity contribution in [1.82, 2.24) is 10.3 Å². The van der Waals surface area contributed by atoms with Crippen molar-refractivity contribution in [2.24, 2.45) is 0 Å². The fraction of sp³-hybridized carbons (Fsp3) is 0.417. The van der Waals surface area contributed by atoms with E-state index in [1.165, 1.54) is 0 Å². The summed E-state index contributed by atoms with van der Waals surface area (Å²) in [5.41, 5.74) is 1.01. The van der Waals surface area contributed by atoms with Crippen molar-refractivity contribution in [3.63, 3.8) is 0 Å². The van der Waals surface area contributed by atoms with Crippen LogP contribution in [0.5, 0.6) is 0 Å². The Bertz CT molecular complexity index is 499. The van der Waals surface area contributed by atoms with Crippen molar-refractivity contribution in [2.75, 3.05) is 0 Å². The van der Waals surface area contributed by atoms with Gasteiger partial charge < -0.3 is 9.73 Å². The van der Waals surface area contributed by atoms with E-state index in [4.69, 9.17) is 4.42 Å². The van der Waals surface area contributed by atoms with Crippen molar-refractivity contribution in [3.8, 4) is 10.8 Å². The summed E-state index contributed by atoms with van der Waals surface area (Å²) in [5.74, 6) is 0.678. The Kier molecular flexibility index (Phi) is 3.70. The summed E-state index contributed by atoms with van der Waals surface area (Å²) in [4.78, 5) is 5.50. The van der Waals surface area contributed by atoms with Crippen LogP contribution in [0, 0.1) is 0 Å². The highest BCUT2D eigenvalue weighted by Gasteiger charge is 2.13. The zero-order valence-electron chi connectivity index (χ0n) is 10.1. The summed E-state index contributed by atoms with van der Waals surface area (Å²) < 4.78 is 6.51. The minimum Gasteiger partial charge on any atom is -0.443 e. The van der Waals surface area contributed by atoms with Gasteiger partial charge in [-0.2, -0.15) is 0 Å². The van der Waals surface area contributed by atoms with Crippen LogP contribution in [0.3, 0.4) is 0 Å². The van der Waals surface area contributed by atoms with Gasteiger partial charge in [0, 0.05) is 16.6 Å². The molecule has 0 aliphatic rings. The minimum atomic E-state index is 0.0859. The van der Waals surface area contributed by atoms with Crippen LogP contribution < -0.4 is 5.32 Å². The quantitative estimate of drug-likeness (QED) is 0.928. The molecular weight excluding hydrogens is 300 g/mol. The summed E-state index contributed by atoms with van der Waals surface area (Å²) in [6.45, 7) is 7.10. The molecule has 2 rings (SSSR count). The lowest BCUT2D eigenvalue weighted by Crippen LogP contribution is -2.35.